The highest BCUT2D eigenvalue weighted by Gasteiger charge is 2.07. The standard InChI is InChI=1S/C12H16ClNO2/c1-9(8-15)7-14-12(16)6-10-4-2-3-5-11(10)13/h2-5,9,15H,6-8H2,1H3,(H,14,16). The number of aliphatic hydroxyl groups excluding tert-OH is 1. The summed E-state index contributed by atoms with van der Waals surface area (Å²) in [5.41, 5.74) is 0.818. The third kappa shape index (κ3) is 4.21. The third-order valence-corrected chi connectivity index (χ3v) is 2.64. The van der Waals surface area contributed by atoms with Crippen LogP contribution in [0.3, 0.4) is 0 Å². The molecule has 1 unspecified atom stereocenters. The van der Waals surface area contributed by atoms with Crippen LogP contribution in [-0.4, -0.2) is 24.2 Å². The number of carbonyl (C=O) groups excluding carboxylic acids is 1. The molecule has 0 aromatic heterocycles. The van der Waals surface area contributed by atoms with Crippen molar-refractivity contribution in [2.24, 2.45) is 5.92 Å². The summed E-state index contributed by atoms with van der Waals surface area (Å²) >= 11 is 5.94. The van der Waals surface area contributed by atoms with Crippen LogP contribution in [0.2, 0.25) is 5.02 Å². The zero-order valence-corrected chi connectivity index (χ0v) is 10.00. The van der Waals surface area contributed by atoms with Crippen LogP contribution in [0.4, 0.5) is 0 Å². The minimum Gasteiger partial charge on any atom is -0.396 e. The minimum absolute atomic E-state index is 0.0756. The van der Waals surface area contributed by atoms with Crippen molar-refractivity contribution in [2.75, 3.05) is 13.2 Å². The van der Waals surface area contributed by atoms with Crippen LogP contribution in [0.25, 0.3) is 0 Å². The van der Waals surface area contributed by atoms with Gasteiger partial charge in [0, 0.05) is 18.2 Å². The average Bonchev–Trinajstić information content (AvgIpc) is 2.29. The van der Waals surface area contributed by atoms with E-state index in [0.717, 1.165) is 5.56 Å². The van der Waals surface area contributed by atoms with Crippen LogP contribution in [0, 0.1) is 5.92 Å². The molecule has 1 aromatic rings. The van der Waals surface area contributed by atoms with Gasteiger partial charge in [0.15, 0.2) is 0 Å². The zero-order valence-electron chi connectivity index (χ0n) is 9.24. The van der Waals surface area contributed by atoms with Gasteiger partial charge in [0.1, 0.15) is 0 Å². The molecule has 0 bridgehead atoms. The van der Waals surface area contributed by atoms with Crippen LogP contribution in [0.5, 0.6) is 0 Å². The van der Waals surface area contributed by atoms with Gasteiger partial charge in [-0.3, -0.25) is 4.79 Å². The fraction of sp³-hybridized carbons (Fsp3) is 0.417. The van der Waals surface area contributed by atoms with Gasteiger partial charge in [-0.25, -0.2) is 0 Å². The van der Waals surface area contributed by atoms with Crippen molar-refractivity contribution in [3.05, 3.63) is 34.9 Å². The highest BCUT2D eigenvalue weighted by atomic mass is 35.5. The average molecular weight is 242 g/mol. The molecule has 2 N–H and O–H groups in total. The molecule has 0 aliphatic heterocycles. The van der Waals surface area contributed by atoms with Gasteiger partial charge in [-0.05, 0) is 17.5 Å². The van der Waals surface area contributed by atoms with Crippen LogP contribution in [0.15, 0.2) is 24.3 Å². The normalized spacial score (nSPS) is 12.2. The van der Waals surface area contributed by atoms with Crippen molar-refractivity contribution in [3.8, 4) is 0 Å². The van der Waals surface area contributed by atoms with E-state index in [1.807, 2.05) is 25.1 Å². The fourth-order valence-corrected chi connectivity index (χ4v) is 1.43. The molecule has 1 aromatic carbocycles. The second-order valence-electron chi connectivity index (χ2n) is 3.86. The molecule has 1 atom stereocenters. The van der Waals surface area contributed by atoms with E-state index < -0.39 is 0 Å². The van der Waals surface area contributed by atoms with E-state index in [4.69, 9.17) is 16.7 Å². The summed E-state index contributed by atoms with van der Waals surface area (Å²) in [4.78, 5) is 11.5. The zero-order chi connectivity index (χ0) is 12.0. The molecule has 1 amide bonds. The highest BCUT2D eigenvalue weighted by molar-refractivity contribution is 6.31. The topological polar surface area (TPSA) is 49.3 Å². The molecule has 16 heavy (non-hydrogen) atoms. The molecular weight excluding hydrogens is 226 g/mol. The molecule has 4 heteroatoms. The first-order valence-electron chi connectivity index (χ1n) is 5.24. The molecule has 3 nitrogen and oxygen atoms in total. The van der Waals surface area contributed by atoms with E-state index in [-0.39, 0.29) is 24.9 Å². The van der Waals surface area contributed by atoms with E-state index in [0.29, 0.717) is 11.6 Å². The smallest absolute Gasteiger partial charge is 0.224 e. The van der Waals surface area contributed by atoms with Gasteiger partial charge in [-0.1, -0.05) is 36.7 Å². The van der Waals surface area contributed by atoms with Crippen molar-refractivity contribution < 1.29 is 9.90 Å². The minimum atomic E-state index is -0.0756. The van der Waals surface area contributed by atoms with E-state index in [1.54, 1.807) is 6.07 Å². The number of carbonyl (C=O) groups is 1. The Bertz CT molecular complexity index is 355. The predicted octanol–water partition coefficient (Wildman–Crippen LogP) is 1.63. The van der Waals surface area contributed by atoms with E-state index in [2.05, 4.69) is 5.32 Å². The Kier molecular flexibility index (Phi) is 5.29. The fourth-order valence-electron chi connectivity index (χ4n) is 1.23. The molecule has 0 aliphatic rings. The number of benzene rings is 1. The summed E-state index contributed by atoms with van der Waals surface area (Å²) in [7, 11) is 0. The number of rotatable bonds is 5. The van der Waals surface area contributed by atoms with E-state index in [1.165, 1.54) is 0 Å². The number of aliphatic hydroxyl groups is 1. The predicted molar refractivity (Wildman–Crippen MR) is 64.4 cm³/mol. The van der Waals surface area contributed by atoms with E-state index >= 15 is 0 Å². The number of hydrogen-bond donors (Lipinski definition) is 2. The Hall–Kier alpha value is -1.06. The lowest BCUT2D eigenvalue weighted by Gasteiger charge is -2.10. The molecule has 0 fully saturated rings. The van der Waals surface area contributed by atoms with Gasteiger partial charge >= 0.3 is 0 Å². The molecular formula is C12H16ClNO2. The van der Waals surface area contributed by atoms with Crippen LogP contribution in [-0.2, 0) is 11.2 Å². The molecule has 0 aliphatic carbocycles. The SMILES string of the molecule is CC(CO)CNC(=O)Cc1ccccc1Cl. The molecule has 0 saturated carbocycles. The second-order valence-corrected chi connectivity index (χ2v) is 4.27. The Balaban J connectivity index is 2.43. The number of halogens is 1. The summed E-state index contributed by atoms with van der Waals surface area (Å²) in [5, 5.41) is 12.2. The Morgan fingerprint density at radius 2 is 2.19 bits per heavy atom. The third-order valence-electron chi connectivity index (χ3n) is 2.27. The van der Waals surface area contributed by atoms with Crippen LogP contribution >= 0.6 is 11.6 Å². The summed E-state index contributed by atoms with van der Waals surface area (Å²) < 4.78 is 0. The maximum absolute atomic E-state index is 11.5. The van der Waals surface area contributed by atoms with Crippen molar-refractivity contribution in [2.45, 2.75) is 13.3 Å². The van der Waals surface area contributed by atoms with Crippen molar-refractivity contribution in [1.82, 2.24) is 5.32 Å². The monoisotopic (exact) mass is 241 g/mol. The van der Waals surface area contributed by atoms with Gasteiger partial charge in [-0.15, -0.1) is 0 Å². The van der Waals surface area contributed by atoms with Gasteiger partial charge in [0.2, 0.25) is 5.91 Å². The summed E-state index contributed by atoms with van der Waals surface area (Å²) in [6.07, 6.45) is 0.276. The van der Waals surface area contributed by atoms with E-state index in [9.17, 15) is 4.79 Å². The van der Waals surface area contributed by atoms with Gasteiger partial charge in [0.25, 0.3) is 0 Å². The quantitative estimate of drug-likeness (QED) is 0.823. The second kappa shape index (κ2) is 6.51. The lowest BCUT2D eigenvalue weighted by atomic mass is 10.1. The number of amides is 1. The van der Waals surface area contributed by atoms with Crippen molar-refractivity contribution in [3.63, 3.8) is 0 Å². The largest absolute Gasteiger partial charge is 0.396 e. The molecule has 0 heterocycles. The molecule has 0 spiro atoms. The Morgan fingerprint density at radius 3 is 2.81 bits per heavy atom. The summed E-state index contributed by atoms with van der Waals surface area (Å²) in [5.74, 6) is 0.00333. The van der Waals surface area contributed by atoms with Crippen LogP contribution in [0.1, 0.15) is 12.5 Å². The first-order chi connectivity index (χ1) is 7.63. The first-order valence-corrected chi connectivity index (χ1v) is 5.62. The Labute approximate surface area is 100 Å². The maximum atomic E-state index is 11.5. The molecule has 88 valence electrons. The molecule has 0 saturated heterocycles. The number of hydrogen-bond acceptors (Lipinski definition) is 2. The van der Waals surface area contributed by atoms with Gasteiger partial charge in [-0.2, -0.15) is 0 Å². The summed E-state index contributed by atoms with van der Waals surface area (Å²) in [6, 6.07) is 7.28. The van der Waals surface area contributed by atoms with Crippen molar-refractivity contribution >= 4 is 17.5 Å². The first kappa shape index (κ1) is 13.0. The molecule has 1 rings (SSSR count). The number of nitrogens with one attached hydrogen (secondary N) is 1. The highest BCUT2D eigenvalue weighted by Crippen LogP contribution is 2.15. The lowest BCUT2D eigenvalue weighted by molar-refractivity contribution is -0.120. The molecule has 0 radical (unpaired) electrons. The maximum Gasteiger partial charge on any atom is 0.224 e. The van der Waals surface area contributed by atoms with Crippen LogP contribution < -0.4 is 5.32 Å². The van der Waals surface area contributed by atoms with Gasteiger partial charge < -0.3 is 10.4 Å². The van der Waals surface area contributed by atoms with Crippen molar-refractivity contribution in [1.29, 1.82) is 0 Å². The lowest BCUT2D eigenvalue weighted by Crippen LogP contribution is -2.30. The van der Waals surface area contributed by atoms with Gasteiger partial charge in [0.05, 0.1) is 6.42 Å². The Morgan fingerprint density at radius 1 is 1.50 bits per heavy atom. The summed E-state index contributed by atoms with van der Waals surface area (Å²) in [6.45, 7) is 2.43.